The smallest absolute Gasteiger partial charge is 0.308 e. The molecule has 2 rings (SSSR count). The molecule has 0 saturated heterocycles. The molecule has 0 radical (unpaired) electrons. The van der Waals surface area contributed by atoms with Crippen molar-refractivity contribution in [2.45, 2.75) is 70.0 Å². The molecular formula is C18H25F5O. The summed E-state index contributed by atoms with van der Waals surface area (Å²) in [7, 11) is 0. The van der Waals surface area contributed by atoms with E-state index in [0.29, 0.717) is 5.92 Å². The van der Waals surface area contributed by atoms with Gasteiger partial charge in [0, 0.05) is 0 Å². The molecule has 0 spiro atoms. The molecule has 1 unspecified atom stereocenters. The monoisotopic (exact) mass is 352 g/mol. The van der Waals surface area contributed by atoms with E-state index >= 15 is 0 Å². The van der Waals surface area contributed by atoms with Crippen molar-refractivity contribution in [1.82, 2.24) is 0 Å². The van der Waals surface area contributed by atoms with Crippen molar-refractivity contribution in [3.05, 3.63) is 23.8 Å². The Hall–Kier alpha value is -0.910. The second-order valence-electron chi connectivity index (χ2n) is 6.82. The van der Waals surface area contributed by atoms with Crippen LogP contribution in [0, 0.1) is 11.8 Å². The van der Waals surface area contributed by atoms with Crippen molar-refractivity contribution in [3.8, 4) is 0 Å². The van der Waals surface area contributed by atoms with E-state index in [2.05, 4.69) is 11.7 Å². The van der Waals surface area contributed by atoms with Crippen molar-refractivity contribution >= 4 is 0 Å². The molecule has 1 nitrogen and oxygen atoms in total. The van der Waals surface area contributed by atoms with E-state index in [1.807, 2.05) is 0 Å². The third-order valence-electron chi connectivity index (χ3n) is 5.00. The maximum atomic E-state index is 13.3. The van der Waals surface area contributed by atoms with E-state index in [0.717, 1.165) is 24.3 Å². The number of hydrogen-bond donors (Lipinski definition) is 0. The topological polar surface area (TPSA) is 9.23 Å². The van der Waals surface area contributed by atoms with Gasteiger partial charge in [0.15, 0.2) is 6.67 Å². The van der Waals surface area contributed by atoms with Crippen molar-refractivity contribution in [1.29, 1.82) is 0 Å². The van der Waals surface area contributed by atoms with Gasteiger partial charge >= 0.3 is 12.0 Å². The molecule has 2 aliphatic carbocycles. The maximum absolute atomic E-state index is 13.3. The Morgan fingerprint density at radius 2 is 1.79 bits per heavy atom. The Balaban J connectivity index is 1.86. The highest BCUT2D eigenvalue weighted by atomic mass is 19.3. The number of rotatable bonds is 7. The Morgan fingerprint density at radius 3 is 2.29 bits per heavy atom. The van der Waals surface area contributed by atoms with Crippen molar-refractivity contribution in [2.24, 2.45) is 11.8 Å². The molecule has 24 heavy (non-hydrogen) atoms. The van der Waals surface area contributed by atoms with Crippen molar-refractivity contribution in [2.75, 3.05) is 6.67 Å². The fraction of sp³-hybridized carbons (Fsp3) is 0.778. The molecule has 1 atom stereocenters. The van der Waals surface area contributed by atoms with Crippen molar-refractivity contribution < 1.29 is 26.7 Å². The molecule has 0 bridgehead atoms. The molecule has 0 heterocycles. The van der Waals surface area contributed by atoms with Crippen LogP contribution in [0.4, 0.5) is 22.0 Å². The summed E-state index contributed by atoms with van der Waals surface area (Å²) in [6, 6.07) is 0. The summed E-state index contributed by atoms with van der Waals surface area (Å²) in [6.07, 6.45) is 5.94. The Kier molecular flexibility index (Phi) is 6.46. The number of hydrogen-bond acceptors (Lipinski definition) is 1. The number of allylic oxidation sites excluding steroid dienone is 2. The first-order valence-corrected chi connectivity index (χ1v) is 8.66. The SMILES string of the molecule is CCC[C@H]1CC[C@H](C2=CCC(OC(F)(F)C(F)(F)CF)C=C2)CC1. The summed E-state index contributed by atoms with van der Waals surface area (Å²) >= 11 is 0. The molecule has 0 aromatic rings. The van der Waals surface area contributed by atoms with Gasteiger partial charge < -0.3 is 4.74 Å². The molecular weight excluding hydrogens is 327 g/mol. The third kappa shape index (κ3) is 4.58. The van der Waals surface area contributed by atoms with Crippen LogP contribution >= 0.6 is 0 Å². The van der Waals surface area contributed by atoms with E-state index in [-0.39, 0.29) is 6.42 Å². The summed E-state index contributed by atoms with van der Waals surface area (Å²) in [6.45, 7) is -0.265. The van der Waals surface area contributed by atoms with E-state index in [1.165, 1.54) is 31.8 Å². The largest absolute Gasteiger partial charge is 0.422 e. The van der Waals surface area contributed by atoms with Crippen LogP contribution < -0.4 is 0 Å². The number of ether oxygens (including phenoxy) is 1. The first-order valence-electron chi connectivity index (χ1n) is 8.66. The minimum atomic E-state index is -4.81. The average Bonchev–Trinajstić information content (AvgIpc) is 2.56. The van der Waals surface area contributed by atoms with Crippen LogP contribution in [0.3, 0.4) is 0 Å². The predicted molar refractivity (Wildman–Crippen MR) is 82.9 cm³/mol. The lowest BCUT2D eigenvalue weighted by Gasteiger charge is -2.31. The van der Waals surface area contributed by atoms with Gasteiger partial charge in [0.05, 0.1) is 6.10 Å². The van der Waals surface area contributed by atoms with Gasteiger partial charge in [0.25, 0.3) is 0 Å². The van der Waals surface area contributed by atoms with Crippen LogP contribution in [-0.2, 0) is 4.74 Å². The quantitative estimate of drug-likeness (QED) is 0.506. The lowest BCUT2D eigenvalue weighted by atomic mass is 9.76. The van der Waals surface area contributed by atoms with Gasteiger partial charge in [-0.3, -0.25) is 0 Å². The van der Waals surface area contributed by atoms with Crippen LogP contribution in [0.2, 0.25) is 0 Å². The predicted octanol–water partition coefficient (Wildman–Crippen LogP) is 6.06. The maximum Gasteiger partial charge on any atom is 0.422 e. The normalized spacial score (nSPS) is 28.8. The first kappa shape index (κ1) is 19.4. The third-order valence-corrected chi connectivity index (χ3v) is 5.00. The summed E-state index contributed by atoms with van der Waals surface area (Å²) in [5.74, 6) is -3.62. The highest BCUT2D eigenvalue weighted by Gasteiger charge is 2.59. The minimum absolute atomic E-state index is 0.110. The molecule has 1 fully saturated rings. The van der Waals surface area contributed by atoms with E-state index < -0.39 is 24.8 Å². The summed E-state index contributed by atoms with van der Waals surface area (Å²) in [5, 5.41) is 0. The molecule has 0 aromatic heterocycles. The van der Waals surface area contributed by atoms with Gasteiger partial charge in [-0.1, -0.05) is 38.0 Å². The van der Waals surface area contributed by atoms with E-state index in [9.17, 15) is 22.0 Å². The van der Waals surface area contributed by atoms with Gasteiger partial charge in [0.1, 0.15) is 0 Å². The highest BCUT2D eigenvalue weighted by Crippen LogP contribution is 2.40. The van der Waals surface area contributed by atoms with Gasteiger partial charge in [-0.15, -0.1) is 0 Å². The van der Waals surface area contributed by atoms with Gasteiger partial charge in [-0.25, -0.2) is 4.39 Å². The van der Waals surface area contributed by atoms with Crippen LogP contribution in [0.25, 0.3) is 0 Å². The van der Waals surface area contributed by atoms with E-state index in [1.54, 1.807) is 12.2 Å². The fourth-order valence-electron chi connectivity index (χ4n) is 3.55. The number of halogens is 5. The number of alkyl halides is 5. The average molecular weight is 352 g/mol. The zero-order valence-corrected chi connectivity index (χ0v) is 13.9. The summed E-state index contributed by atoms with van der Waals surface area (Å²) in [5.41, 5.74) is 1.07. The van der Waals surface area contributed by atoms with Crippen LogP contribution in [0.1, 0.15) is 51.9 Å². The lowest BCUT2D eigenvalue weighted by Crippen LogP contribution is -2.46. The van der Waals surface area contributed by atoms with Crippen LogP contribution in [0.5, 0.6) is 0 Å². The molecule has 6 heteroatoms. The Bertz CT molecular complexity index is 464. The van der Waals surface area contributed by atoms with Gasteiger partial charge in [0.2, 0.25) is 0 Å². The molecule has 0 amide bonds. The second-order valence-corrected chi connectivity index (χ2v) is 6.82. The molecule has 1 saturated carbocycles. The molecule has 0 aliphatic heterocycles. The van der Waals surface area contributed by atoms with E-state index in [4.69, 9.17) is 0 Å². The standard InChI is InChI=1S/C18H25F5O/c1-2-3-13-4-6-14(7-5-13)15-8-10-16(11-9-15)24-18(22,23)17(20,21)12-19/h8-10,13-14,16H,2-7,11-12H2,1H3/t13-,14-,16?. The molecule has 2 aliphatic rings. The Morgan fingerprint density at radius 1 is 1.12 bits per heavy atom. The Labute approximate surface area is 139 Å². The molecule has 0 aromatic carbocycles. The minimum Gasteiger partial charge on any atom is -0.308 e. The highest BCUT2D eigenvalue weighted by molar-refractivity contribution is 5.27. The van der Waals surface area contributed by atoms with Gasteiger partial charge in [-0.05, 0) is 49.5 Å². The lowest BCUT2D eigenvalue weighted by molar-refractivity contribution is -0.358. The van der Waals surface area contributed by atoms with Crippen LogP contribution in [0.15, 0.2) is 23.8 Å². The fourth-order valence-corrected chi connectivity index (χ4v) is 3.55. The summed E-state index contributed by atoms with van der Waals surface area (Å²) in [4.78, 5) is 0. The van der Waals surface area contributed by atoms with Crippen molar-refractivity contribution in [3.63, 3.8) is 0 Å². The second kappa shape index (κ2) is 7.98. The van der Waals surface area contributed by atoms with Gasteiger partial charge in [-0.2, -0.15) is 17.6 Å². The molecule has 138 valence electrons. The first-order chi connectivity index (χ1) is 11.3. The zero-order chi connectivity index (χ0) is 17.8. The van der Waals surface area contributed by atoms with Crippen LogP contribution in [-0.4, -0.2) is 24.8 Å². The molecule has 0 N–H and O–H groups in total. The summed E-state index contributed by atoms with van der Waals surface area (Å²) < 4.78 is 68.5. The zero-order valence-electron chi connectivity index (χ0n) is 13.9.